The Balaban J connectivity index is 2.70. The highest BCUT2D eigenvalue weighted by molar-refractivity contribution is 9.08. The van der Waals surface area contributed by atoms with E-state index >= 15 is 0 Å². The van der Waals surface area contributed by atoms with Crippen LogP contribution in [0.4, 0.5) is 0 Å². The lowest BCUT2D eigenvalue weighted by molar-refractivity contribution is 0.415. The van der Waals surface area contributed by atoms with Crippen molar-refractivity contribution >= 4 is 26.8 Å². The van der Waals surface area contributed by atoms with Crippen LogP contribution in [-0.4, -0.2) is 12.1 Å². The molecule has 0 saturated heterocycles. The Bertz CT molecular complexity index is 456. The monoisotopic (exact) mass is 251 g/mol. The van der Waals surface area contributed by atoms with Crippen molar-refractivity contribution in [2.45, 2.75) is 5.33 Å². The Kier molecular flexibility index (Phi) is 2.68. The molecule has 1 aromatic heterocycles. The molecule has 0 aliphatic heterocycles. The standard InChI is InChI=1S/C11H10BrNO/c1-14-9-2-3-11-10(6-9)8(7-12)4-5-13-11/h2-6H,7H2,1H3. The summed E-state index contributed by atoms with van der Waals surface area (Å²) in [5, 5.41) is 1.97. The van der Waals surface area contributed by atoms with E-state index in [9.17, 15) is 0 Å². The van der Waals surface area contributed by atoms with Gasteiger partial charge >= 0.3 is 0 Å². The highest BCUT2D eigenvalue weighted by atomic mass is 79.9. The quantitative estimate of drug-likeness (QED) is 0.766. The van der Waals surface area contributed by atoms with Crippen LogP contribution in [0.1, 0.15) is 5.56 Å². The highest BCUT2D eigenvalue weighted by Crippen LogP contribution is 2.23. The van der Waals surface area contributed by atoms with Gasteiger partial charge in [-0.3, -0.25) is 4.98 Å². The third-order valence-corrected chi connectivity index (χ3v) is 2.79. The summed E-state index contributed by atoms with van der Waals surface area (Å²) in [4.78, 5) is 4.29. The lowest BCUT2D eigenvalue weighted by Crippen LogP contribution is -1.87. The summed E-state index contributed by atoms with van der Waals surface area (Å²) in [6.07, 6.45) is 1.82. The summed E-state index contributed by atoms with van der Waals surface area (Å²) < 4.78 is 5.18. The van der Waals surface area contributed by atoms with Gasteiger partial charge in [0.05, 0.1) is 12.6 Å². The summed E-state index contributed by atoms with van der Waals surface area (Å²) in [5.74, 6) is 0.868. The van der Waals surface area contributed by atoms with Gasteiger partial charge in [0.25, 0.3) is 0 Å². The van der Waals surface area contributed by atoms with Gasteiger partial charge in [-0.2, -0.15) is 0 Å². The first-order valence-electron chi connectivity index (χ1n) is 4.33. The van der Waals surface area contributed by atoms with E-state index in [1.54, 1.807) is 7.11 Å². The molecule has 2 aromatic rings. The minimum Gasteiger partial charge on any atom is -0.497 e. The SMILES string of the molecule is COc1ccc2nccc(CBr)c2c1. The maximum absolute atomic E-state index is 5.18. The molecule has 1 aromatic carbocycles. The third-order valence-electron chi connectivity index (χ3n) is 2.18. The number of rotatable bonds is 2. The minimum atomic E-state index is 0.833. The van der Waals surface area contributed by atoms with E-state index in [4.69, 9.17) is 4.74 Å². The first-order valence-corrected chi connectivity index (χ1v) is 5.45. The largest absolute Gasteiger partial charge is 0.497 e. The maximum atomic E-state index is 5.18. The van der Waals surface area contributed by atoms with E-state index in [0.29, 0.717) is 0 Å². The second-order valence-corrected chi connectivity index (χ2v) is 3.55. The molecule has 0 bridgehead atoms. The van der Waals surface area contributed by atoms with E-state index in [0.717, 1.165) is 22.0 Å². The Morgan fingerprint density at radius 2 is 2.21 bits per heavy atom. The van der Waals surface area contributed by atoms with Crippen molar-refractivity contribution in [3.05, 3.63) is 36.0 Å². The van der Waals surface area contributed by atoms with Crippen LogP contribution in [0.2, 0.25) is 0 Å². The summed E-state index contributed by atoms with van der Waals surface area (Å²) >= 11 is 3.46. The average molecular weight is 252 g/mol. The van der Waals surface area contributed by atoms with E-state index in [1.807, 2.05) is 30.5 Å². The molecule has 0 spiro atoms. The van der Waals surface area contributed by atoms with Crippen LogP contribution in [0.15, 0.2) is 30.5 Å². The summed E-state index contributed by atoms with van der Waals surface area (Å²) in [7, 11) is 1.67. The van der Waals surface area contributed by atoms with Gasteiger partial charge in [0, 0.05) is 16.9 Å². The number of benzene rings is 1. The van der Waals surface area contributed by atoms with E-state index in [-0.39, 0.29) is 0 Å². The smallest absolute Gasteiger partial charge is 0.119 e. The van der Waals surface area contributed by atoms with Crippen molar-refractivity contribution in [2.24, 2.45) is 0 Å². The van der Waals surface area contributed by atoms with Gasteiger partial charge < -0.3 is 4.74 Å². The normalized spacial score (nSPS) is 10.4. The predicted octanol–water partition coefficient (Wildman–Crippen LogP) is 3.14. The van der Waals surface area contributed by atoms with Crippen LogP contribution in [0.3, 0.4) is 0 Å². The molecule has 14 heavy (non-hydrogen) atoms. The minimum absolute atomic E-state index is 0.833. The Hall–Kier alpha value is -1.09. The molecule has 0 amide bonds. The number of alkyl halides is 1. The average Bonchev–Trinajstić information content (AvgIpc) is 2.27. The van der Waals surface area contributed by atoms with Crippen molar-refractivity contribution in [1.82, 2.24) is 4.98 Å². The van der Waals surface area contributed by atoms with Gasteiger partial charge in [0.2, 0.25) is 0 Å². The first kappa shape index (κ1) is 9.46. The summed E-state index contributed by atoms with van der Waals surface area (Å²) in [6, 6.07) is 7.92. The fraction of sp³-hybridized carbons (Fsp3) is 0.182. The molecule has 0 unspecified atom stereocenters. The van der Waals surface area contributed by atoms with E-state index in [1.165, 1.54) is 5.56 Å². The Labute approximate surface area is 91.0 Å². The topological polar surface area (TPSA) is 22.1 Å². The van der Waals surface area contributed by atoms with Crippen LogP contribution in [0.5, 0.6) is 5.75 Å². The molecule has 2 nitrogen and oxygen atoms in total. The molecule has 72 valence electrons. The van der Waals surface area contributed by atoms with Crippen LogP contribution in [-0.2, 0) is 5.33 Å². The molecule has 0 fully saturated rings. The molecule has 0 aliphatic carbocycles. The number of pyridine rings is 1. The van der Waals surface area contributed by atoms with Crippen molar-refractivity contribution in [2.75, 3.05) is 7.11 Å². The number of hydrogen-bond donors (Lipinski definition) is 0. The maximum Gasteiger partial charge on any atom is 0.119 e. The van der Waals surface area contributed by atoms with Crippen molar-refractivity contribution in [3.8, 4) is 5.75 Å². The van der Waals surface area contributed by atoms with Gasteiger partial charge in [0.15, 0.2) is 0 Å². The van der Waals surface area contributed by atoms with Crippen LogP contribution < -0.4 is 4.74 Å². The molecule has 0 N–H and O–H groups in total. The molecule has 0 aliphatic rings. The van der Waals surface area contributed by atoms with Crippen LogP contribution >= 0.6 is 15.9 Å². The van der Waals surface area contributed by atoms with Crippen LogP contribution in [0.25, 0.3) is 10.9 Å². The zero-order valence-electron chi connectivity index (χ0n) is 7.83. The lowest BCUT2D eigenvalue weighted by atomic mass is 10.1. The number of nitrogens with zero attached hydrogens (tertiary/aromatic N) is 1. The van der Waals surface area contributed by atoms with Crippen molar-refractivity contribution < 1.29 is 4.74 Å². The number of fused-ring (bicyclic) bond motifs is 1. The molecule has 0 atom stereocenters. The molecule has 0 saturated carbocycles. The molecular formula is C11H10BrNO. The van der Waals surface area contributed by atoms with E-state index in [2.05, 4.69) is 20.9 Å². The van der Waals surface area contributed by atoms with Gasteiger partial charge in [-0.05, 0) is 29.8 Å². The molecule has 2 rings (SSSR count). The van der Waals surface area contributed by atoms with Crippen molar-refractivity contribution in [3.63, 3.8) is 0 Å². The predicted molar refractivity (Wildman–Crippen MR) is 60.9 cm³/mol. The Morgan fingerprint density at radius 1 is 1.36 bits per heavy atom. The summed E-state index contributed by atoms with van der Waals surface area (Å²) in [6.45, 7) is 0. The number of aromatic nitrogens is 1. The van der Waals surface area contributed by atoms with Gasteiger partial charge in [-0.15, -0.1) is 0 Å². The number of hydrogen-bond acceptors (Lipinski definition) is 2. The zero-order valence-corrected chi connectivity index (χ0v) is 9.41. The fourth-order valence-corrected chi connectivity index (χ4v) is 1.91. The van der Waals surface area contributed by atoms with Gasteiger partial charge in [-0.1, -0.05) is 15.9 Å². The second kappa shape index (κ2) is 3.96. The number of methoxy groups -OCH3 is 1. The van der Waals surface area contributed by atoms with Crippen LogP contribution in [0, 0.1) is 0 Å². The fourth-order valence-electron chi connectivity index (χ4n) is 1.43. The summed E-state index contributed by atoms with van der Waals surface area (Å²) in [5.41, 5.74) is 2.23. The second-order valence-electron chi connectivity index (χ2n) is 2.99. The highest BCUT2D eigenvalue weighted by Gasteiger charge is 2.01. The Morgan fingerprint density at radius 3 is 2.93 bits per heavy atom. The number of ether oxygens (including phenoxy) is 1. The zero-order chi connectivity index (χ0) is 9.97. The number of halogens is 1. The van der Waals surface area contributed by atoms with Crippen molar-refractivity contribution in [1.29, 1.82) is 0 Å². The lowest BCUT2D eigenvalue weighted by Gasteiger charge is -2.04. The molecule has 0 radical (unpaired) electrons. The van der Waals surface area contributed by atoms with Gasteiger partial charge in [0.1, 0.15) is 5.75 Å². The van der Waals surface area contributed by atoms with Gasteiger partial charge in [-0.25, -0.2) is 0 Å². The molecule has 3 heteroatoms. The van der Waals surface area contributed by atoms with E-state index < -0.39 is 0 Å². The third kappa shape index (κ3) is 1.60. The molecule has 1 heterocycles. The molecular weight excluding hydrogens is 242 g/mol. The first-order chi connectivity index (χ1) is 6.85.